The van der Waals surface area contributed by atoms with Crippen LogP contribution in [0.5, 0.6) is 5.75 Å². The summed E-state index contributed by atoms with van der Waals surface area (Å²) in [5, 5.41) is 8.52. The Hall–Kier alpha value is -1.22. The van der Waals surface area contributed by atoms with Gasteiger partial charge in [-0.2, -0.15) is 18.4 Å². The van der Waals surface area contributed by atoms with E-state index in [0.29, 0.717) is 0 Å². The number of nitrogens with zero attached hydrogens (tertiary/aromatic N) is 1. The van der Waals surface area contributed by atoms with Gasteiger partial charge in [0.15, 0.2) is 0 Å². The molecule has 1 rings (SSSR count). The second-order valence-electron chi connectivity index (χ2n) is 2.94. The average molecular weight is 294 g/mol. The second-order valence-corrected chi connectivity index (χ2v) is 3.79. The van der Waals surface area contributed by atoms with E-state index in [-0.39, 0.29) is 22.2 Å². The van der Waals surface area contributed by atoms with Crippen molar-refractivity contribution < 1.29 is 17.9 Å². The van der Waals surface area contributed by atoms with Crippen molar-refractivity contribution in [3.05, 3.63) is 27.7 Å². The predicted molar refractivity (Wildman–Crippen MR) is 55.0 cm³/mol. The standard InChI is InChI=1S/C10H7BrF3NO/c1-16-8-3-2-7(11)6(4-5-15)9(8)10(12,13)14/h2-3H,4H2,1H3. The largest absolute Gasteiger partial charge is 0.496 e. The van der Waals surface area contributed by atoms with Crippen molar-refractivity contribution in [3.63, 3.8) is 0 Å². The van der Waals surface area contributed by atoms with E-state index in [1.807, 2.05) is 0 Å². The number of alkyl halides is 3. The summed E-state index contributed by atoms with van der Waals surface area (Å²) in [5.74, 6) is -0.277. The Morgan fingerprint density at radius 2 is 2.06 bits per heavy atom. The second kappa shape index (κ2) is 4.74. The first-order valence-electron chi connectivity index (χ1n) is 4.21. The van der Waals surface area contributed by atoms with Gasteiger partial charge in [0.05, 0.1) is 19.6 Å². The quantitative estimate of drug-likeness (QED) is 0.835. The van der Waals surface area contributed by atoms with E-state index in [4.69, 9.17) is 5.26 Å². The molecule has 0 amide bonds. The molecule has 0 aliphatic heterocycles. The SMILES string of the molecule is COc1ccc(Br)c(CC#N)c1C(F)(F)F. The van der Waals surface area contributed by atoms with E-state index in [1.165, 1.54) is 12.1 Å². The minimum Gasteiger partial charge on any atom is -0.496 e. The molecule has 2 nitrogen and oxygen atoms in total. The van der Waals surface area contributed by atoms with Crippen molar-refractivity contribution in [2.75, 3.05) is 7.11 Å². The van der Waals surface area contributed by atoms with Crippen LogP contribution in [0.2, 0.25) is 0 Å². The van der Waals surface area contributed by atoms with Crippen LogP contribution < -0.4 is 4.74 Å². The highest BCUT2D eigenvalue weighted by atomic mass is 79.9. The van der Waals surface area contributed by atoms with Gasteiger partial charge in [0.1, 0.15) is 11.3 Å². The topological polar surface area (TPSA) is 33.0 Å². The Kier molecular flexibility index (Phi) is 3.81. The third-order valence-corrected chi connectivity index (χ3v) is 2.72. The van der Waals surface area contributed by atoms with Crippen molar-refractivity contribution in [1.82, 2.24) is 0 Å². The number of hydrogen-bond donors (Lipinski definition) is 0. The van der Waals surface area contributed by atoms with Crippen LogP contribution in [0.1, 0.15) is 11.1 Å². The normalized spacial score (nSPS) is 11.0. The molecule has 16 heavy (non-hydrogen) atoms. The molecule has 0 aromatic heterocycles. The van der Waals surface area contributed by atoms with Crippen molar-refractivity contribution in [2.24, 2.45) is 0 Å². The zero-order valence-electron chi connectivity index (χ0n) is 8.23. The lowest BCUT2D eigenvalue weighted by Gasteiger charge is -2.16. The number of nitriles is 1. The minimum atomic E-state index is -4.54. The van der Waals surface area contributed by atoms with Crippen LogP contribution in [0.25, 0.3) is 0 Å². The summed E-state index contributed by atoms with van der Waals surface area (Å²) in [6, 6.07) is 4.35. The van der Waals surface area contributed by atoms with Gasteiger partial charge in [0, 0.05) is 4.47 Å². The smallest absolute Gasteiger partial charge is 0.420 e. The molecular weight excluding hydrogens is 287 g/mol. The van der Waals surface area contributed by atoms with Gasteiger partial charge in [0.2, 0.25) is 0 Å². The molecule has 0 spiro atoms. The molecule has 0 saturated heterocycles. The summed E-state index contributed by atoms with van der Waals surface area (Å²) in [7, 11) is 1.16. The number of ether oxygens (including phenoxy) is 1. The maximum atomic E-state index is 12.8. The van der Waals surface area contributed by atoms with E-state index in [9.17, 15) is 13.2 Å². The fourth-order valence-electron chi connectivity index (χ4n) is 1.33. The molecule has 0 saturated carbocycles. The number of methoxy groups -OCH3 is 1. The maximum Gasteiger partial charge on any atom is 0.420 e. The first-order valence-corrected chi connectivity index (χ1v) is 5.00. The maximum absolute atomic E-state index is 12.8. The van der Waals surface area contributed by atoms with E-state index in [2.05, 4.69) is 20.7 Å². The molecule has 0 N–H and O–H groups in total. The molecule has 0 bridgehead atoms. The van der Waals surface area contributed by atoms with E-state index in [1.54, 1.807) is 6.07 Å². The number of rotatable bonds is 2. The Morgan fingerprint density at radius 1 is 1.44 bits per heavy atom. The molecule has 1 aromatic carbocycles. The third kappa shape index (κ3) is 2.47. The molecule has 0 unspecified atom stereocenters. The van der Waals surface area contributed by atoms with Gasteiger partial charge in [0.25, 0.3) is 0 Å². The summed E-state index contributed by atoms with van der Waals surface area (Å²) in [4.78, 5) is 0. The molecule has 0 aliphatic rings. The lowest BCUT2D eigenvalue weighted by atomic mass is 10.0. The van der Waals surface area contributed by atoms with Crippen LogP contribution in [-0.2, 0) is 12.6 Å². The van der Waals surface area contributed by atoms with E-state index < -0.39 is 11.7 Å². The van der Waals surface area contributed by atoms with Gasteiger partial charge in [-0.15, -0.1) is 0 Å². The van der Waals surface area contributed by atoms with Gasteiger partial charge >= 0.3 is 6.18 Å². The van der Waals surface area contributed by atoms with Gasteiger partial charge < -0.3 is 4.74 Å². The summed E-state index contributed by atoms with van der Waals surface area (Å²) in [5.41, 5.74) is -1.000. The van der Waals surface area contributed by atoms with Crippen molar-refractivity contribution in [3.8, 4) is 11.8 Å². The molecule has 0 atom stereocenters. The summed E-state index contributed by atoms with van der Waals surface area (Å²) in [6.45, 7) is 0. The minimum absolute atomic E-state index is 0.102. The third-order valence-electron chi connectivity index (χ3n) is 1.98. The van der Waals surface area contributed by atoms with Crippen LogP contribution in [-0.4, -0.2) is 7.11 Å². The van der Waals surface area contributed by atoms with Gasteiger partial charge in [-0.3, -0.25) is 0 Å². The van der Waals surface area contributed by atoms with E-state index in [0.717, 1.165) is 7.11 Å². The highest BCUT2D eigenvalue weighted by Crippen LogP contribution is 2.41. The van der Waals surface area contributed by atoms with E-state index >= 15 is 0 Å². The van der Waals surface area contributed by atoms with Crippen molar-refractivity contribution in [1.29, 1.82) is 5.26 Å². The van der Waals surface area contributed by atoms with Crippen molar-refractivity contribution >= 4 is 15.9 Å². The van der Waals surface area contributed by atoms with Gasteiger partial charge in [-0.25, -0.2) is 0 Å². The summed E-state index contributed by atoms with van der Waals surface area (Å²) in [6.07, 6.45) is -4.87. The monoisotopic (exact) mass is 293 g/mol. The van der Waals surface area contributed by atoms with Crippen LogP contribution >= 0.6 is 15.9 Å². The Bertz CT molecular complexity index is 437. The van der Waals surface area contributed by atoms with Crippen LogP contribution in [0.15, 0.2) is 16.6 Å². The molecule has 86 valence electrons. The lowest BCUT2D eigenvalue weighted by Crippen LogP contribution is -2.11. The van der Waals surface area contributed by atoms with Crippen molar-refractivity contribution in [2.45, 2.75) is 12.6 Å². The highest BCUT2D eigenvalue weighted by molar-refractivity contribution is 9.10. The Morgan fingerprint density at radius 3 is 2.50 bits per heavy atom. The molecule has 0 aliphatic carbocycles. The van der Waals surface area contributed by atoms with Gasteiger partial charge in [-0.05, 0) is 17.7 Å². The molecule has 0 heterocycles. The number of hydrogen-bond acceptors (Lipinski definition) is 2. The Balaban J connectivity index is 3.50. The zero-order chi connectivity index (χ0) is 12.3. The highest BCUT2D eigenvalue weighted by Gasteiger charge is 2.37. The summed E-state index contributed by atoms with van der Waals surface area (Å²) < 4.78 is 43.3. The lowest BCUT2D eigenvalue weighted by molar-refractivity contribution is -0.139. The average Bonchev–Trinajstić information content (AvgIpc) is 2.19. The van der Waals surface area contributed by atoms with Crippen LogP contribution in [0, 0.1) is 11.3 Å². The Labute approximate surface area is 98.8 Å². The first-order chi connectivity index (χ1) is 7.41. The predicted octanol–water partition coefficient (Wildman–Crippen LogP) is 3.54. The summed E-state index contributed by atoms with van der Waals surface area (Å²) >= 11 is 3.00. The molecule has 6 heteroatoms. The van der Waals surface area contributed by atoms with Crippen LogP contribution in [0.3, 0.4) is 0 Å². The molecule has 0 radical (unpaired) electrons. The fourth-order valence-corrected chi connectivity index (χ4v) is 1.80. The molecule has 1 aromatic rings. The first kappa shape index (κ1) is 12.8. The number of halogens is 4. The molecule has 0 fully saturated rings. The number of benzene rings is 1. The van der Waals surface area contributed by atoms with Gasteiger partial charge in [-0.1, -0.05) is 15.9 Å². The fraction of sp³-hybridized carbons (Fsp3) is 0.300. The molecular formula is C10H7BrF3NO. The zero-order valence-corrected chi connectivity index (χ0v) is 9.82. The van der Waals surface area contributed by atoms with Crippen LogP contribution in [0.4, 0.5) is 13.2 Å².